The molecule has 3 heterocycles. The fourth-order valence-electron chi connectivity index (χ4n) is 3.96. The van der Waals surface area contributed by atoms with Crippen molar-refractivity contribution in [3.8, 4) is 5.75 Å². The summed E-state index contributed by atoms with van der Waals surface area (Å²) in [7, 11) is 1.72. The number of nitrogens with zero attached hydrogens (tertiary/aromatic N) is 4. The Morgan fingerprint density at radius 2 is 1.97 bits per heavy atom. The number of ether oxygens (including phenoxy) is 1. The van der Waals surface area contributed by atoms with Gasteiger partial charge in [-0.2, -0.15) is 5.10 Å². The van der Waals surface area contributed by atoms with Crippen molar-refractivity contribution in [1.82, 2.24) is 19.8 Å². The van der Waals surface area contributed by atoms with Crippen LogP contribution in [0.15, 0.2) is 48.8 Å². The van der Waals surface area contributed by atoms with Crippen LogP contribution in [-0.4, -0.2) is 66.8 Å². The van der Waals surface area contributed by atoms with Gasteiger partial charge in [-0.1, -0.05) is 23.7 Å². The number of hydrogen-bond acceptors (Lipinski definition) is 5. The lowest BCUT2D eigenvalue weighted by Gasteiger charge is -2.36. The summed E-state index contributed by atoms with van der Waals surface area (Å²) in [6.45, 7) is 5.78. The van der Waals surface area contributed by atoms with Gasteiger partial charge in [0.25, 0.3) is 5.91 Å². The third kappa shape index (κ3) is 5.11. The topological polar surface area (TPSA) is 62.1 Å². The van der Waals surface area contributed by atoms with Gasteiger partial charge >= 0.3 is 0 Å². The summed E-state index contributed by atoms with van der Waals surface area (Å²) in [5.41, 5.74) is 2.51. The number of hydrogen-bond donors (Lipinski definition) is 1. The first-order chi connectivity index (χ1) is 15.2. The van der Waals surface area contributed by atoms with E-state index in [9.17, 15) is 4.79 Å². The summed E-state index contributed by atoms with van der Waals surface area (Å²) in [6.07, 6.45) is 5.34. The molecule has 31 heavy (non-hydrogen) atoms. The Morgan fingerprint density at radius 3 is 2.77 bits per heavy atom. The molecule has 0 spiro atoms. The Morgan fingerprint density at radius 1 is 1.16 bits per heavy atom. The molecule has 8 heteroatoms. The standard InChI is InChI=1S/C23H28ClN5O2/c1-31-22-7-3-2-6-20(22)28-14-12-27(13-15-28)10-5-4-9-25-23(30)18-8-11-29-21(16-18)19(24)17-26-29/h2-3,6-8,11,16-17H,4-5,9-10,12-15H2,1H3,(H,25,30). The molecule has 1 aliphatic heterocycles. The van der Waals surface area contributed by atoms with Crippen molar-refractivity contribution >= 4 is 28.7 Å². The first-order valence-electron chi connectivity index (χ1n) is 10.7. The van der Waals surface area contributed by atoms with E-state index in [1.807, 2.05) is 12.1 Å². The second-order valence-corrected chi connectivity index (χ2v) is 8.11. The summed E-state index contributed by atoms with van der Waals surface area (Å²) in [6, 6.07) is 11.7. The van der Waals surface area contributed by atoms with E-state index in [1.54, 1.807) is 36.2 Å². The van der Waals surface area contributed by atoms with Crippen molar-refractivity contribution in [3.63, 3.8) is 0 Å². The zero-order chi connectivity index (χ0) is 21.6. The van der Waals surface area contributed by atoms with Crippen molar-refractivity contribution in [2.24, 2.45) is 0 Å². The summed E-state index contributed by atoms with van der Waals surface area (Å²) in [5.74, 6) is 0.853. The van der Waals surface area contributed by atoms with E-state index in [2.05, 4.69) is 32.3 Å². The van der Waals surface area contributed by atoms with Gasteiger partial charge in [-0.05, 0) is 43.7 Å². The molecular formula is C23H28ClN5O2. The van der Waals surface area contributed by atoms with Crippen LogP contribution in [0.3, 0.4) is 0 Å². The largest absolute Gasteiger partial charge is 0.495 e. The Labute approximate surface area is 187 Å². The van der Waals surface area contributed by atoms with E-state index in [0.29, 0.717) is 17.1 Å². The number of nitrogens with one attached hydrogen (secondary N) is 1. The van der Waals surface area contributed by atoms with Crippen LogP contribution >= 0.6 is 11.6 Å². The first-order valence-corrected chi connectivity index (χ1v) is 11.0. The van der Waals surface area contributed by atoms with Gasteiger partial charge in [-0.25, -0.2) is 4.52 Å². The zero-order valence-electron chi connectivity index (χ0n) is 17.8. The van der Waals surface area contributed by atoms with Gasteiger partial charge in [-0.15, -0.1) is 0 Å². The smallest absolute Gasteiger partial charge is 0.251 e. The second-order valence-electron chi connectivity index (χ2n) is 7.70. The Bertz CT molecular complexity index is 1030. The van der Waals surface area contributed by atoms with E-state index in [1.165, 1.54) is 5.69 Å². The van der Waals surface area contributed by atoms with Gasteiger partial charge < -0.3 is 15.0 Å². The molecule has 0 bridgehead atoms. The van der Waals surface area contributed by atoms with Crippen molar-refractivity contribution in [1.29, 1.82) is 0 Å². The Balaban J connectivity index is 1.16. The SMILES string of the molecule is COc1ccccc1N1CCN(CCCCNC(=O)c2ccn3ncc(Cl)c3c2)CC1. The molecule has 1 amide bonds. The molecule has 0 atom stereocenters. The third-order valence-corrected chi connectivity index (χ3v) is 6.01. The first kappa shape index (κ1) is 21.5. The maximum absolute atomic E-state index is 12.4. The Kier molecular flexibility index (Phi) is 6.94. The minimum Gasteiger partial charge on any atom is -0.495 e. The molecular weight excluding hydrogens is 414 g/mol. The molecule has 0 saturated carbocycles. The zero-order valence-corrected chi connectivity index (χ0v) is 18.5. The number of aromatic nitrogens is 2. The number of carbonyl (C=O) groups is 1. The normalized spacial score (nSPS) is 14.7. The monoisotopic (exact) mass is 441 g/mol. The van der Waals surface area contributed by atoms with Crippen molar-refractivity contribution in [2.75, 3.05) is 51.3 Å². The summed E-state index contributed by atoms with van der Waals surface area (Å²) < 4.78 is 7.15. The fourth-order valence-corrected chi connectivity index (χ4v) is 4.14. The lowest BCUT2D eigenvalue weighted by Crippen LogP contribution is -2.46. The van der Waals surface area contributed by atoms with Crippen molar-refractivity contribution in [3.05, 3.63) is 59.4 Å². The maximum Gasteiger partial charge on any atom is 0.251 e. The van der Waals surface area contributed by atoms with Gasteiger partial charge in [0.2, 0.25) is 0 Å². The minimum atomic E-state index is -0.0785. The van der Waals surface area contributed by atoms with Crippen LogP contribution in [0.4, 0.5) is 5.69 Å². The number of carbonyl (C=O) groups excluding carboxylic acids is 1. The van der Waals surface area contributed by atoms with Crippen LogP contribution in [-0.2, 0) is 0 Å². The van der Waals surface area contributed by atoms with Gasteiger partial charge in [-0.3, -0.25) is 9.69 Å². The molecule has 3 aromatic rings. The number of piperazine rings is 1. The molecule has 4 rings (SSSR count). The van der Waals surface area contributed by atoms with E-state index < -0.39 is 0 Å². The number of rotatable bonds is 8. The number of fused-ring (bicyclic) bond motifs is 1. The van der Waals surface area contributed by atoms with E-state index in [0.717, 1.165) is 56.8 Å². The highest BCUT2D eigenvalue weighted by Gasteiger charge is 2.19. The summed E-state index contributed by atoms with van der Waals surface area (Å²) in [4.78, 5) is 17.3. The van der Waals surface area contributed by atoms with Crippen molar-refractivity contribution in [2.45, 2.75) is 12.8 Å². The molecule has 1 aromatic carbocycles. The van der Waals surface area contributed by atoms with Crippen LogP contribution in [0.1, 0.15) is 23.2 Å². The lowest BCUT2D eigenvalue weighted by molar-refractivity contribution is 0.0952. The molecule has 1 N–H and O–H groups in total. The van der Waals surface area contributed by atoms with Gasteiger partial charge in [0, 0.05) is 44.5 Å². The molecule has 0 unspecified atom stereocenters. The predicted molar refractivity (Wildman–Crippen MR) is 123 cm³/mol. The quantitative estimate of drug-likeness (QED) is 0.543. The number of anilines is 1. The molecule has 0 radical (unpaired) electrons. The van der Waals surface area contributed by atoms with E-state index in [-0.39, 0.29) is 5.91 Å². The van der Waals surface area contributed by atoms with E-state index in [4.69, 9.17) is 16.3 Å². The molecule has 164 valence electrons. The van der Waals surface area contributed by atoms with E-state index >= 15 is 0 Å². The molecule has 0 aliphatic carbocycles. The molecule has 1 fully saturated rings. The summed E-state index contributed by atoms with van der Waals surface area (Å²) in [5, 5.41) is 7.66. The molecule has 1 saturated heterocycles. The number of benzene rings is 1. The number of para-hydroxylation sites is 2. The number of halogens is 1. The van der Waals surface area contributed by atoms with Crippen LogP contribution < -0.4 is 15.0 Å². The van der Waals surface area contributed by atoms with Gasteiger partial charge in [0.1, 0.15) is 5.75 Å². The highest BCUT2D eigenvalue weighted by molar-refractivity contribution is 6.33. The average Bonchev–Trinajstić information content (AvgIpc) is 3.19. The third-order valence-electron chi connectivity index (χ3n) is 5.72. The molecule has 7 nitrogen and oxygen atoms in total. The highest BCUT2D eigenvalue weighted by Crippen LogP contribution is 2.28. The highest BCUT2D eigenvalue weighted by atomic mass is 35.5. The lowest BCUT2D eigenvalue weighted by atomic mass is 10.2. The second kappa shape index (κ2) is 10.0. The van der Waals surface area contributed by atoms with Crippen LogP contribution in [0.5, 0.6) is 5.75 Å². The fraction of sp³-hybridized carbons (Fsp3) is 0.391. The number of amides is 1. The number of pyridine rings is 1. The van der Waals surface area contributed by atoms with Gasteiger partial charge in [0.05, 0.1) is 29.5 Å². The number of methoxy groups -OCH3 is 1. The van der Waals surface area contributed by atoms with Crippen LogP contribution in [0.25, 0.3) is 5.52 Å². The maximum atomic E-state index is 12.4. The average molecular weight is 442 g/mol. The minimum absolute atomic E-state index is 0.0785. The van der Waals surface area contributed by atoms with Crippen molar-refractivity contribution < 1.29 is 9.53 Å². The Hall–Kier alpha value is -2.77. The number of unbranched alkanes of at least 4 members (excludes halogenated alkanes) is 1. The predicted octanol–water partition coefficient (Wildman–Crippen LogP) is 3.33. The van der Waals surface area contributed by atoms with Gasteiger partial charge in [0.15, 0.2) is 0 Å². The van der Waals surface area contributed by atoms with Crippen LogP contribution in [0, 0.1) is 0 Å². The molecule has 2 aromatic heterocycles. The molecule has 1 aliphatic rings. The summed E-state index contributed by atoms with van der Waals surface area (Å²) >= 11 is 6.10. The van der Waals surface area contributed by atoms with Crippen LogP contribution in [0.2, 0.25) is 5.02 Å².